The first-order chi connectivity index (χ1) is 10.3. The van der Waals surface area contributed by atoms with Crippen LogP contribution in [0, 0.1) is 6.92 Å². The molecule has 102 valence electrons. The molecule has 4 aromatic rings. The van der Waals surface area contributed by atoms with E-state index >= 15 is 0 Å². The number of benzene rings is 1. The summed E-state index contributed by atoms with van der Waals surface area (Å²) in [6.45, 7) is 2.06. The minimum Gasteiger partial charge on any atom is -0.331 e. The van der Waals surface area contributed by atoms with E-state index in [1.165, 1.54) is 16.9 Å². The van der Waals surface area contributed by atoms with Gasteiger partial charge in [0.15, 0.2) is 5.01 Å². The first-order valence-corrected chi connectivity index (χ1v) is 7.29. The quantitative estimate of drug-likeness (QED) is 0.564. The van der Waals surface area contributed by atoms with Crippen LogP contribution in [-0.2, 0) is 0 Å². The van der Waals surface area contributed by atoms with Gasteiger partial charge in [0.05, 0.1) is 5.52 Å². The summed E-state index contributed by atoms with van der Waals surface area (Å²) in [7, 11) is 0. The fourth-order valence-electron chi connectivity index (χ4n) is 2.11. The molecule has 0 atom stereocenters. The number of pyridine rings is 1. The van der Waals surface area contributed by atoms with E-state index in [4.69, 9.17) is 4.52 Å². The van der Waals surface area contributed by atoms with Crippen LogP contribution in [0.3, 0.4) is 0 Å². The van der Waals surface area contributed by atoms with Crippen molar-refractivity contribution in [2.75, 3.05) is 0 Å². The van der Waals surface area contributed by atoms with Crippen molar-refractivity contribution in [3.63, 3.8) is 0 Å². The molecule has 0 amide bonds. The summed E-state index contributed by atoms with van der Waals surface area (Å²) >= 11 is 1.46. The molecule has 5 nitrogen and oxygen atoms in total. The molecule has 0 aliphatic heterocycles. The Labute approximate surface area is 124 Å². The summed E-state index contributed by atoms with van der Waals surface area (Å²) < 4.78 is 5.24. The van der Waals surface area contributed by atoms with Crippen molar-refractivity contribution in [1.29, 1.82) is 0 Å². The molecule has 0 aliphatic rings. The molecule has 0 N–H and O–H groups in total. The molecule has 4 rings (SSSR count). The lowest BCUT2D eigenvalue weighted by atomic mass is 10.1. The van der Waals surface area contributed by atoms with Crippen LogP contribution >= 0.6 is 11.3 Å². The third-order valence-electron chi connectivity index (χ3n) is 3.12. The van der Waals surface area contributed by atoms with Gasteiger partial charge in [-0.1, -0.05) is 22.9 Å². The van der Waals surface area contributed by atoms with Crippen LogP contribution < -0.4 is 0 Å². The highest BCUT2D eigenvalue weighted by atomic mass is 32.1. The maximum Gasteiger partial charge on any atom is 0.287 e. The number of hydrogen-bond donors (Lipinski definition) is 0. The lowest BCUT2D eigenvalue weighted by Gasteiger charge is -2.00. The zero-order valence-corrected chi connectivity index (χ0v) is 12.0. The van der Waals surface area contributed by atoms with Gasteiger partial charge in [-0.2, -0.15) is 4.98 Å². The number of aromatic nitrogens is 4. The van der Waals surface area contributed by atoms with E-state index in [-0.39, 0.29) is 0 Å². The maximum atomic E-state index is 5.24. The Morgan fingerprint density at radius 1 is 1.10 bits per heavy atom. The van der Waals surface area contributed by atoms with Crippen LogP contribution in [0.15, 0.2) is 46.4 Å². The van der Waals surface area contributed by atoms with Crippen molar-refractivity contribution in [2.45, 2.75) is 6.92 Å². The monoisotopic (exact) mass is 294 g/mol. The van der Waals surface area contributed by atoms with Gasteiger partial charge in [0, 0.05) is 17.0 Å². The molecule has 0 saturated carbocycles. The third-order valence-corrected chi connectivity index (χ3v) is 3.88. The highest BCUT2D eigenvalue weighted by Crippen LogP contribution is 2.24. The van der Waals surface area contributed by atoms with E-state index in [1.54, 1.807) is 6.20 Å². The van der Waals surface area contributed by atoms with Gasteiger partial charge in [-0.3, -0.25) is 0 Å². The van der Waals surface area contributed by atoms with E-state index in [0.29, 0.717) is 22.4 Å². The van der Waals surface area contributed by atoms with Crippen LogP contribution in [0.5, 0.6) is 0 Å². The molecule has 0 radical (unpaired) electrons. The van der Waals surface area contributed by atoms with Crippen LogP contribution in [0.1, 0.15) is 5.56 Å². The topological polar surface area (TPSA) is 64.7 Å². The van der Waals surface area contributed by atoms with Crippen LogP contribution in [0.4, 0.5) is 0 Å². The summed E-state index contributed by atoms with van der Waals surface area (Å²) in [5.41, 5.74) is 2.82. The Morgan fingerprint density at radius 2 is 2.05 bits per heavy atom. The molecule has 0 bridgehead atoms. The minimum atomic E-state index is 0.422. The second-order valence-electron chi connectivity index (χ2n) is 4.65. The Bertz CT molecular complexity index is 914. The molecule has 0 saturated heterocycles. The van der Waals surface area contributed by atoms with Gasteiger partial charge < -0.3 is 4.52 Å². The summed E-state index contributed by atoms with van der Waals surface area (Å²) in [5, 5.41) is 7.67. The fourth-order valence-corrected chi connectivity index (χ4v) is 2.67. The van der Waals surface area contributed by atoms with Gasteiger partial charge in [0.1, 0.15) is 5.69 Å². The van der Waals surface area contributed by atoms with Gasteiger partial charge in [-0.25, -0.2) is 9.97 Å². The molecular formula is C15H10N4OS. The molecule has 1 aromatic carbocycles. The number of fused-ring (bicyclic) bond motifs is 1. The Morgan fingerprint density at radius 3 is 2.90 bits per heavy atom. The van der Waals surface area contributed by atoms with E-state index < -0.39 is 0 Å². The van der Waals surface area contributed by atoms with Crippen molar-refractivity contribution in [3.8, 4) is 22.4 Å². The van der Waals surface area contributed by atoms with Crippen molar-refractivity contribution in [1.82, 2.24) is 20.1 Å². The molecule has 3 aromatic heterocycles. The smallest absolute Gasteiger partial charge is 0.287 e. The number of thiazole rings is 1. The van der Waals surface area contributed by atoms with Gasteiger partial charge in [-0.15, -0.1) is 11.3 Å². The van der Waals surface area contributed by atoms with Gasteiger partial charge in [-0.05, 0) is 25.1 Å². The lowest BCUT2D eigenvalue weighted by molar-refractivity contribution is 0.432. The zero-order valence-electron chi connectivity index (χ0n) is 11.1. The molecule has 3 heterocycles. The average Bonchev–Trinajstić information content (AvgIpc) is 3.17. The predicted molar refractivity (Wildman–Crippen MR) is 80.9 cm³/mol. The Kier molecular flexibility index (Phi) is 2.75. The number of hydrogen-bond acceptors (Lipinski definition) is 6. The summed E-state index contributed by atoms with van der Waals surface area (Å²) in [6, 6.07) is 10.1. The Hall–Kier alpha value is -2.60. The number of nitrogens with zero attached hydrogens (tertiary/aromatic N) is 4. The molecule has 6 heteroatoms. The largest absolute Gasteiger partial charge is 0.331 e. The standard InChI is InChI=1S/C15H10N4OS/c1-9-2-4-11-10(8-9)3-5-12(17-11)13-18-14(20-19-13)15-16-6-7-21-15/h2-8H,1H3. The average molecular weight is 294 g/mol. The Balaban J connectivity index is 1.78. The molecule has 0 spiro atoms. The summed E-state index contributed by atoms with van der Waals surface area (Å²) in [5.74, 6) is 0.897. The van der Waals surface area contributed by atoms with Crippen molar-refractivity contribution in [3.05, 3.63) is 47.5 Å². The van der Waals surface area contributed by atoms with E-state index in [0.717, 1.165) is 10.9 Å². The number of rotatable bonds is 2. The van der Waals surface area contributed by atoms with E-state index in [9.17, 15) is 0 Å². The lowest BCUT2D eigenvalue weighted by Crippen LogP contribution is -1.87. The summed E-state index contributed by atoms with van der Waals surface area (Å²) in [6.07, 6.45) is 1.71. The highest BCUT2D eigenvalue weighted by Gasteiger charge is 2.13. The molecule has 0 fully saturated rings. The van der Waals surface area contributed by atoms with E-state index in [2.05, 4.69) is 33.1 Å². The fraction of sp³-hybridized carbons (Fsp3) is 0.0667. The second-order valence-corrected chi connectivity index (χ2v) is 5.55. The van der Waals surface area contributed by atoms with Gasteiger partial charge in [0.25, 0.3) is 5.89 Å². The second kappa shape index (κ2) is 4.75. The molecule has 0 unspecified atom stereocenters. The third kappa shape index (κ3) is 2.19. The molecule has 0 aliphatic carbocycles. The molecular weight excluding hydrogens is 284 g/mol. The zero-order chi connectivity index (χ0) is 14.2. The van der Waals surface area contributed by atoms with Crippen LogP contribution in [0.2, 0.25) is 0 Å². The summed E-state index contributed by atoms with van der Waals surface area (Å²) in [4.78, 5) is 13.1. The van der Waals surface area contributed by atoms with Crippen molar-refractivity contribution >= 4 is 22.2 Å². The SMILES string of the molecule is Cc1ccc2nc(-c3noc(-c4nccs4)n3)ccc2c1. The van der Waals surface area contributed by atoms with Gasteiger partial charge in [0.2, 0.25) is 5.82 Å². The minimum absolute atomic E-state index is 0.422. The first-order valence-electron chi connectivity index (χ1n) is 6.41. The van der Waals surface area contributed by atoms with Gasteiger partial charge >= 0.3 is 0 Å². The van der Waals surface area contributed by atoms with Crippen LogP contribution in [0.25, 0.3) is 33.3 Å². The number of aryl methyl sites for hydroxylation is 1. The van der Waals surface area contributed by atoms with Crippen molar-refractivity contribution < 1.29 is 4.52 Å². The first kappa shape index (κ1) is 12.2. The predicted octanol–water partition coefficient (Wildman–Crippen LogP) is 3.72. The highest BCUT2D eigenvalue weighted by molar-refractivity contribution is 7.12. The van der Waals surface area contributed by atoms with E-state index in [1.807, 2.05) is 29.6 Å². The normalized spacial score (nSPS) is 11.1. The maximum absolute atomic E-state index is 5.24. The molecule has 21 heavy (non-hydrogen) atoms. The van der Waals surface area contributed by atoms with Crippen molar-refractivity contribution in [2.24, 2.45) is 0 Å². The van der Waals surface area contributed by atoms with Crippen LogP contribution in [-0.4, -0.2) is 20.1 Å².